The number of esters is 1. The van der Waals surface area contributed by atoms with Gasteiger partial charge in [0.15, 0.2) is 6.10 Å². The molecule has 2 aromatic rings. The molecular formula is C18H15ClF3NO3. The average molecular weight is 386 g/mol. The minimum atomic E-state index is -4.57. The van der Waals surface area contributed by atoms with Gasteiger partial charge in [0.05, 0.1) is 22.7 Å². The topological polar surface area (TPSA) is 55.4 Å². The van der Waals surface area contributed by atoms with Crippen molar-refractivity contribution in [1.29, 1.82) is 0 Å². The number of hydrogen-bond donors (Lipinski definition) is 1. The van der Waals surface area contributed by atoms with Crippen LogP contribution in [0.5, 0.6) is 0 Å². The number of amides is 1. The van der Waals surface area contributed by atoms with E-state index in [2.05, 4.69) is 5.32 Å². The lowest BCUT2D eigenvalue weighted by Gasteiger charge is -2.15. The van der Waals surface area contributed by atoms with Crippen LogP contribution < -0.4 is 5.32 Å². The fraction of sp³-hybridized carbons (Fsp3) is 0.222. The number of rotatable bonds is 5. The third kappa shape index (κ3) is 5.49. The predicted octanol–water partition coefficient (Wildman–Crippen LogP) is 4.47. The van der Waals surface area contributed by atoms with Gasteiger partial charge >= 0.3 is 12.1 Å². The Morgan fingerprint density at radius 2 is 1.81 bits per heavy atom. The van der Waals surface area contributed by atoms with Gasteiger partial charge in [-0.3, -0.25) is 9.59 Å². The van der Waals surface area contributed by atoms with E-state index in [0.29, 0.717) is 5.56 Å². The number of carbonyl (C=O) groups excluding carboxylic acids is 2. The molecule has 0 saturated heterocycles. The molecule has 4 nitrogen and oxygen atoms in total. The molecule has 8 heteroatoms. The molecule has 0 saturated carbocycles. The summed E-state index contributed by atoms with van der Waals surface area (Å²) in [4.78, 5) is 23.9. The zero-order valence-corrected chi connectivity index (χ0v) is 14.4. The SMILES string of the molecule is C[C@@H](OC(=O)Cc1ccccc1)C(=O)Nc1cc(C(F)(F)F)ccc1Cl. The van der Waals surface area contributed by atoms with Gasteiger partial charge in [0.25, 0.3) is 5.91 Å². The molecule has 0 aromatic heterocycles. The summed E-state index contributed by atoms with van der Waals surface area (Å²) >= 11 is 5.82. The molecule has 1 N–H and O–H groups in total. The van der Waals surface area contributed by atoms with Crippen LogP contribution in [0.3, 0.4) is 0 Å². The molecule has 0 heterocycles. The van der Waals surface area contributed by atoms with Crippen molar-refractivity contribution in [1.82, 2.24) is 0 Å². The van der Waals surface area contributed by atoms with E-state index in [4.69, 9.17) is 16.3 Å². The molecule has 2 rings (SSSR count). The van der Waals surface area contributed by atoms with Crippen LogP contribution in [0.25, 0.3) is 0 Å². The van der Waals surface area contributed by atoms with Crippen molar-refractivity contribution in [3.05, 3.63) is 64.7 Å². The number of halogens is 4. The first-order valence-electron chi connectivity index (χ1n) is 7.58. The Balaban J connectivity index is 1.99. The van der Waals surface area contributed by atoms with Gasteiger partial charge in [0.1, 0.15) is 0 Å². The Hall–Kier alpha value is -2.54. The highest BCUT2D eigenvalue weighted by Gasteiger charge is 2.31. The molecule has 0 aliphatic rings. The summed E-state index contributed by atoms with van der Waals surface area (Å²) in [7, 11) is 0. The first-order valence-corrected chi connectivity index (χ1v) is 7.95. The summed E-state index contributed by atoms with van der Waals surface area (Å²) in [5.74, 6) is -1.42. The Bertz CT molecular complexity index is 794. The van der Waals surface area contributed by atoms with E-state index < -0.39 is 29.7 Å². The van der Waals surface area contributed by atoms with Gasteiger partial charge in [-0.2, -0.15) is 13.2 Å². The summed E-state index contributed by atoms with van der Waals surface area (Å²) < 4.78 is 43.3. The Kier molecular flexibility index (Phi) is 6.26. The fourth-order valence-corrected chi connectivity index (χ4v) is 2.25. The molecule has 0 unspecified atom stereocenters. The lowest BCUT2D eigenvalue weighted by molar-refractivity contribution is -0.152. The summed E-state index contributed by atoms with van der Waals surface area (Å²) in [5.41, 5.74) is -0.450. The van der Waals surface area contributed by atoms with Crippen LogP contribution in [0.1, 0.15) is 18.1 Å². The van der Waals surface area contributed by atoms with Crippen LogP contribution >= 0.6 is 11.6 Å². The number of hydrogen-bond acceptors (Lipinski definition) is 3. The zero-order valence-electron chi connectivity index (χ0n) is 13.6. The normalized spacial score (nSPS) is 12.3. The van der Waals surface area contributed by atoms with E-state index >= 15 is 0 Å². The van der Waals surface area contributed by atoms with E-state index in [1.807, 2.05) is 0 Å². The fourth-order valence-electron chi connectivity index (χ4n) is 2.09. The minimum absolute atomic E-state index is 0.0250. The minimum Gasteiger partial charge on any atom is -0.452 e. The highest BCUT2D eigenvalue weighted by atomic mass is 35.5. The average Bonchev–Trinajstić information content (AvgIpc) is 2.56. The molecule has 1 amide bonds. The molecular weight excluding hydrogens is 371 g/mol. The van der Waals surface area contributed by atoms with Gasteiger partial charge in [-0.05, 0) is 30.7 Å². The number of benzene rings is 2. The van der Waals surface area contributed by atoms with Crippen molar-refractivity contribution in [3.8, 4) is 0 Å². The highest BCUT2D eigenvalue weighted by Crippen LogP contribution is 2.33. The molecule has 138 valence electrons. The lowest BCUT2D eigenvalue weighted by atomic mass is 10.1. The highest BCUT2D eigenvalue weighted by molar-refractivity contribution is 6.33. The molecule has 0 spiro atoms. The third-order valence-corrected chi connectivity index (χ3v) is 3.75. The molecule has 26 heavy (non-hydrogen) atoms. The van der Waals surface area contributed by atoms with Crippen molar-refractivity contribution < 1.29 is 27.5 Å². The number of alkyl halides is 3. The van der Waals surface area contributed by atoms with Gasteiger partial charge in [0, 0.05) is 0 Å². The van der Waals surface area contributed by atoms with Gasteiger partial charge in [-0.1, -0.05) is 41.9 Å². The van der Waals surface area contributed by atoms with Crippen LogP contribution in [0.15, 0.2) is 48.5 Å². The summed E-state index contributed by atoms with van der Waals surface area (Å²) in [6.45, 7) is 1.32. The molecule has 2 aromatic carbocycles. The van der Waals surface area contributed by atoms with E-state index in [-0.39, 0.29) is 17.1 Å². The quantitative estimate of drug-likeness (QED) is 0.772. The standard InChI is InChI=1S/C18H15ClF3NO3/c1-11(26-16(24)9-12-5-3-2-4-6-12)17(25)23-15-10-13(18(20,21)22)7-8-14(15)19/h2-8,10-11H,9H2,1H3,(H,23,25)/t11-/m1/s1. The van der Waals surface area contributed by atoms with Crippen LogP contribution in [-0.2, 0) is 26.9 Å². The number of ether oxygens (including phenoxy) is 1. The Labute approximate surface area is 152 Å². The second-order valence-corrected chi connectivity index (χ2v) is 5.88. The molecule has 0 fully saturated rings. The van der Waals surface area contributed by atoms with Gasteiger partial charge < -0.3 is 10.1 Å². The second kappa shape index (κ2) is 8.23. The number of nitrogens with one attached hydrogen (secondary N) is 1. The molecule has 0 bridgehead atoms. The maximum absolute atomic E-state index is 12.7. The van der Waals surface area contributed by atoms with Crippen LogP contribution in [0.2, 0.25) is 5.02 Å². The van der Waals surface area contributed by atoms with Gasteiger partial charge in [-0.25, -0.2) is 0 Å². The third-order valence-electron chi connectivity index (χ3n) is 3.42. The van der Waals surface area contributed by atoms with Crippen LogP contribution in [0, 0.1) is 0 Å². The van der Waals surface area contributed by atoms with Crippen molar-refractivity contribution >= 4 is 29.2 Å². The number of carbonyl (C=O) groups is 2. The lowest BCUT2D eigenvalue weighted by Crippen LogP contribution is -2.30. The van der Waals surface area contributed by atoms with Crippen molar-refractivity contribution in [2.75, 3.05) is 5.32 Å². The first kappa shape index (κ1) is 19.8. The molecule has 0 aliphatic carbocycles. The van der Waals surface area contributed by atoms with Crippen molar-refractivity contribution in [2.24, 2.45) is 0 Å². The summed E-state index contributed by atoms with van der Waals surface area (Å²) in [6.07, 6.45) is -5.79. The summed E-state index contributed by atoms with van der Waals surface area (Å²) in [6, 6.07) is 11.3. The van der Waals surface area contributed by atoms with Crippen molar-refractivity contribution in [3.63, 3.8) is 0 Å². The van der Waals surface area contributed by atoms with Crippen LogP contribution in [0.4, 0.5) is 18.9 Å². The Morgan fingerprint density at radius 1 is 1.15 bits per heavy atom. The first-order chi connectivity index (χ1) is 12.2. The Morgan fingerprint density at radius 3 is 2.42 bits per heavy atom. The molecule has 0 aliphatic heterocycles. The number of anilines is 1. The van der Waals surface area contributed by atoms with Crippen molar-refractivity contribution in [2.45, 2.75) is 25.6 Å². The summed E-state index contributed by atoms with van der Waals surface area (Å²) in [5, 5.41) is 2.18. The van der Waals surface area contributed by atoms with E-state index in [1.54, 1.807) is 30.3 Å². The largest absolute Gasteiger partial charge is 0.452 e. The predicted molar refractivity (Wildman–Crippen MR) is 90.8 cm³/mol. The van der Waals surface area contributed by atoms with E-state index in [0.717, 1.165) is 18.2 Å². The van der Waals surface area contributed by atoms with Gasteiger partial charge in [0.2, 0.25) is 0 Å². The monoisotopic (exact) mass is 385 g/mol. The van der Waals surface area contributed by atoms with Crippen LogP contribution in [-0.4, -0.2) is 18.0 Å². The molecule has 1 atom stereocenters. The maximum atomic E-state index is 12.7. The van der Waals surface area contributed by atoms with E-state index in [9.17, 15) is 22.8 Å². The van der Waals surface area contributed by atoms with E-state index in [1.165, 1.54) is 6.92 Å². The second-order valence-electron chi connectivity index (χ2n) is 5.48. The van der Waals surface area contributed by atoms with Gasteiger partial charge in [-0.15, -0.1) is 0 Å². The maximum Gasteiger partial charge on any atom is 0.416 e. The smallest absolute Gasteiger partial charge is 0.416 e. The molecule has 0 radical (unpaired) electrons. The zero-order chi connectivity index (χ0) is 19.3.